The number of rotatable bonds is 5. The average Bonchev–Trinajstić information content (AvgIpc) is 2.99. The molecule has 1 atom stereocenters. The number of methoxy groups -OCH3 is 1. The summed E-state index contributed by atoms with van der Waals surface area (Å²) in [5, 5.41) is 9.68. The monoisotopic (exact) mass is 365 g/mol. The second-order valence-electron chi connectivity index (χ2n) is 6.43. The summed E-state index contributed by atoms with van der Waals surface area (Å²) in [5.74, 6) is 0.374. The molecule has 0 radical (unpaired) electrons. The van der Waals surface area contributed by atoms with Crippen molar-refractivity contribution in [3.63, 3.8) is 0 Å². The lowest BCUT2D eigenvalue weighted by Crippen LogP contribution is -2.31. The molecule has 1 aliphatic heterocycles. The molecule has 6 heteroatoms. The Morgan fingerprint density at radius 3 is 2.74 bits per heavy atom. The highest BCUT2D eigenvalue weighted by Gasteiger charge is 2.42. The molecule has 2 heterocycles. The predicted octanol–water partition coefficient (Wildman–Crippen LogP) is 2.73. The average molecular weight is 365 g/mol. The molecule has 1 N–H and O–H groups in total. The van der Waals surface area contributed by atoms with Gasteiger partial charge < -0.3 is 19.2 Å². The van der Waals surface area contributed by atoms with Gasteiger partial charge in [0, 0.05) is 13.2 Å². The van der Waals surface area contributed by atoms with Crippen LogP contribution in [0.3, 0.4) is 0 Å². The summed E-state index contributed by atoms with van der Waals surface area (Å²) in [6, 6.07) is 13.6. The number of benzene rings is 2. The van der Waals surface area contributed by atoms with Crippen molar-refractivity contribution in [2.75, 3.05) is 20.3 Å². The number of carbonyl (C=O) groups excluding carboxylic acids is 1. The van der Waals surface area contributed by atoms with E-state index in [1.807, 2.05) is 24.3 Å². The highest BCUT2D eigenvalue weighted by atomic mass is 16.5. The maximum atomic E-state index is 13.2. The topological polar surface area (TPSA) is 80.0 Å². The minimum Gasteiger partial charge on any atom is -0.497 e. The molecule has 4 rings (SSSR count). The van der Waals surface area contributed by atoms with E-state index in [4.69, 9.17) is 9.15 Å². The molecule has 138 valence electrons. The molecule has 0 saturated carbocycles. The maximum absolute atomic E-state index is 13.2. The molecule has 0 bridgehead atoms. The van der Waals surface area contributed by atoms with E-state index in [0.29, 0.717) is 35.2 Å². The first-order valence-electron chi connectivity index (χ1n) is 8.77. The van der Waals surface area contributed by atoms with Gasteiger partial charge in [-0.05, 0) is 36.2 Å². The van der Waals surface area contributed by atoms with Crippen molar-refractivity contribution in [1.29, 1.82) is 0 Å². The number of nitrogens with zero attached hydrogens (tertiary/aromatic N) is 1. The van der Waals surface area contributed by atoms with Gasteiger partial charge in [-0.2, -0.15) is 0 Å². The van der Waals surface area contributed by atoms with E-state index in [-0.39, 0.29) is 23.7 Å². The molecule has 3 aromatic rings. The molecule has 0 aliphatic carbocycles. The number of hydrogen-bond acceptors (Lipinski definition) is 5. The van der Waals surface area contributed by atoms with Crippen LogP contribution in [0.2, 0.25) is 0 Å². The van der Waals surface area contributed by atoms with E-state index in [2.05, 4.69) is 0 Å². The largest absolute Gasteiger partial charge is 0.497 e. The first kappa shape index (κ1) is 17.3. The molecule has 1 amide bonds. The molecular weight excluding hydrogens is 346 g/mol. The number of fused-ring (bicyclic) bond motifs is 2. The molecular formula is C21H19NO5. The lowest BCUT2D eigenvalue weighted by atomic mass is 9.98. The zero-order chi connectivity index (χ0) is 19.0. The van der Waals surface area contributed by atoms with Crippen LogP contribution >= 0.6 is 0 Å². The fraction of sp³-hybridized carbons (Fsp3) is 0.238. The quantitative estimate of drug-likeness (QED) is 0.752. The third-order valence-corrected chi connectivity index (χ3v) is 4.84. The molecule has 6 nitrogen and oxygen atoms in total. The summed E-state index contributed by atoms with van der Waals surface area (Å²) in [7, 11) is 1.57. The fourth-order valence-corrected chi connectivity index (χ4v) is 3.60. The first-order valence-corrected chi connectivity index (χ1v) is 8.77. The Morgan fingerprint density at radius 2 is 1.96 bits per heavy atom. The number of ether oxygens (including phenoxy) is 1. The Kier molecular flexibility index (Phi) is 4.41. The van der Waals surface area contributed by atoms with E-state index < -0.39 is 6.04 Å². The molecule has 27 heavy (non-hydrogen) atoms. The zero-order valence-corrected chi connectivity index (χ0v) is 14.8. The number of carbonyl (C=O) groups is 1. The minimum atomic E-state index is -0.574. The van der Waals surface area contributed by atoms with Crippen molar-refractivity contribution in [1.82, 2.24) is 4.90 Å². The molecule has 0 saturated heterocycles. The van der Waals surface area contributed by atoms with Crippen LogP contribution in [0.1, 0.15) is 34.1 Å². The Labute approximate surface area is 155 Å². The van der Waals surface area contributed by atoms with E-state index in [0.717, 1.165) is 5.56 Å². The standard InChI is InChI=1S/C21H19NO5/c1-26-14-7-4-6-13(12-14)18-17-19(24)15-8-2-3-9-16(15)27-20(17)21(25)22(18)10-5-11-23/h2-4,6-9,12,18,23H,5,10-11H2,1H3/t18-/m0/s1. The Bertz CT molecular complexity index is 1070. The van der Waals surface area contributed by atoms with Gasteiger partial charge in [-0.15, -0.1) is 0 Å². The third-order valence-electron chi connectivity index (χ3n) is 4.84. The van der Waals surface area contributed by atoms with E-state index in [9.17, 15) is 14.7 Å². The second kappa shape index (κ2) is 6.89. The van der Waals surface area contributed by atoms with Crippen LogP contribution in [0.4, 0.5) is 0 Å². The normalized spacial score (nSPS) is 16.0. The smallest absolute Gasteiger partial charge is 0.290 e. The van der Waals surface area contributed by atoms with E-state index in [1.165, 1.54) is 0 Å². The maximum Gasteiger partial charge on any atom is 0.290 e. The molecule has 1 aromatic heterocycles. The third kappa shape index (κ3) is 2.78. The van der Waals surface area contributed by atoms with Crippen molar-refractivity contribution in [2.24, 2.45) is 0 Å². The Morgan fingerprint density at radius 1 is 1.15 bits per heavy atom. The first-order chi connectivity index (χ1) is 13.2. The SMILES string of the molecule is COc1cccc([C@H]2c3c(oc4ccccc4c3=O)C(=O)N2CCCO)c1. The van der Waals surface area contributed by atoms with Crippen LogP contribution in [0.5, 0.6) is 5.75 Å². The Hall–Kier alpha value is -3.12. The minimum absolute atomic E-state index is 0.0473. The Balaban J connectivity index is 1.96. The van der Waals surface area contributed by atoms with Crippen molar-refractivity contribution in [2.45, 2.75) is 12.5 Å². The molecule has 0 unspecified atom stereocenters. The van der Waals surface area contributed by atoms with Crippen LogP contribution in [0.15, 0.2) is 57.7 Å². The van der Waals surface area contributed by atoms with Crippen LogP contribution < -0.4 is 10.2 Å². The van der Waals surface area contributed by atoms with Crippen molar-refractivity contribution < 1.29 is 19.1 Å². The highest BCUT2D eigenvalue weighted by Crippen LogP contribution is 2.38. The summed E-state index contributed by atoms with van der Waals surface area (Å²) in [6.45, 7) is 0.269. The lowest BCUT2D eigenvalue weighted by Gasteiger charge is -2.25. The lowest BCUT2D eigenvalue weighted by molar-refractivity contribution is 0.0716. The van der Waals surface area contributed by atoms with Gasteiger partial charge in [-0.25, -0.2) is 0 Å². The van der Waals surface area contributed by atoms with Crippen molar-refractivity contribution in [3.8, 4) is 5.75 Å². The second-order valence-corrected chi connectivity index (χ2v) is 6.43. The molecule has 0 spiro atoms. The zero-order valence-electron chi connectivity index (χ0n) is 14.8. The van der Waals surface area contributed by atoms with Gasteiger partial charge >= 0.3 is 0 Å². The fourth-order valence-electron chi connectivity index (χ4n) is 3.60. The highest BCUT2D eigenvalue weighted by molar-refractivity contribution is 5.99. The number of para-hydroxylation sites is 1. The summed E-state index contributed by atoms with van der Waals surface area (Å²) < 4.78 is 11.1. The van der Waals surface area contributed by atoms with Crippen molar-refractivity contribution >= 4 is 16.9 Å². The van der Waals surface area contributed by atoms with Crippen LogP contribution in [-0.4, -0.2) is 36.2 Å². The van der Waals surface area contributed by atoms with E-state index >= 15 is 0 Å². The molecule has 2 aromatic carbocycles. The summed E-state index contributed by atoms with van der Waals surface area (Å²) >= 11 is 0. The van der Waals surface area contributed by atoms with E-state index in [1.54, 1.807) is 36.3 Å². The van der Waals surface area contributed by atoms with Gasteiger partial charge in [0.25, 0.3) is 5.91 Å². The summed E-state index contributed by atoms with van der Waals surface area (Å²) in [6.07, 6.45) is 0.411. The van der Waals surface area contributed by atoms with Gasteiger partial charge in [0.1, 0.15) is 11.3 Å². The molecule has 0 fully saturated rings. The van der Waals surface area contributed by atoms with Crippen LogP contribution in [0.25, 0.3) is 11.0 Å². The molecule has 1 aliphatic rings. The van der Waals surface area contributed by atoms with Gasteiger partial charge in [0.2, 0.25) is 5.76 Å². The number of aliphatic hydroxyl groups is 1. The predicted molar refractivity (Wildman–Crippen MR) is 100 cm³/mol. The van der Waals surface area contributed by atoms with Crippen LogP contribution in [0, 0.1) is 0 Å². The number of hydrogen-bond donors (Lipinski definition) is 1. The summed E-state index contributed by atoms with van der Waals surface area (Å²) in [4.78, 5) is 27.8. The van der Waals surface area contributed by atoms with Gasteiger partial charge in [-0.3, -0.25) is 9.59 Å². The number of aliphatic hydroxyl groups excluding tert-OH is 1. The summed E-state index contributed by atoms with van der Waals surface area (Å²) in [5.41, 5.74) is 1.29. The van der Waals surface area contributed by atoms with Crippen molar-refractivity contribution in [3.05, 3.63) is 75.6 Å². The van der Waals surface area contributed by atoms with Crippen LogP contribution in [-0.2, 0) is 0 Å². The van der Waals surface area contributed by atoms with Gasteiger partial charge in [0.05, 0.1) is 24.1 Å². The van der Waals surface area contributed by atoms with Gasteiger partial charge in [-0.1, -0.05) is 24.3 Å². The van der Waals surface area contributed by atoms with Gasteiger partial charge in [0.15, 0.2) is 5.43 Å². The number of amides is 1.